The van der Waals surface area contributed by atoms with Crippen molar-refractivity contribution in [1.82, 2.24) is 4.90 Å². The Morgan fingerprint density at radius 2 is 1.56 bits per heavy atom. The number of allylic oxidation sites excluding steroid dienone is 11. The standard InChI is InChI=1S/C49H55N3S.C2H6.C2H4/c1-36-32-45(50-2)26-28-47(36)39(21-20-37-14-9-7-10-15-37)22-23-40-18-13-19-41(49(40)53-31-30-51(3)4)24-25-42-33-43(38-16-11-8-12-17-38)34-44-35-46(52(5)6)27-29-48(42)44;2*1-2/h7-12,14-17,21-29,32-33,35,50H,13,18-20,30-31,34H2,1-6H3;1-2H3;1-2H2/b23-22+,39-21-,41-24+,42-25+;;. The van der Waals surface area contributed by atoms with Crippen molar-refractivity contribution in [3.05, 3.63) is 196 Å². The molecule has 0 fully saturated rings. The number of hydrogen-bond acceptors (Lipinski definition) is 4. The molecule has 0 aromatic heterocycles. The van der Waals surface area contributed by atoms with E-state index in [4.69, 9.17) is 0 Å². The van der Waals surface area contributed by atoms with E-state index in [1.165, 1.54) is 71.8 Å². The van der Waals surface area contributed by atoms with Crippen LogP contribution in [0.4, 0.5) is 11.4 Å². The predicted octanol–water partition coefficient (Wildman–Crippen LogP) is 13.5. The van der Waals surface area contributed by atoms with E-state index in [1.54, 1.807) is 0 Å². The Bertz CT molecular complexity index is 2080. The third-order valence-corrected chi connectivity index (χ3v) is 11.4. The molecule has 0 amide bonds. The quantitative estimate of drug-likeness (QED) is 0.108. The number of benzene rings is 4. The Morgan fingerprint density at radius 3 is 2.23 bits per heavy atom. The average molecular weight is 776 g/mol. The minimum absolute atomic E-state index is 0.895. The zero-order chi connectivity index (χ0) is 41.2. The van der Waals surface area contributed by atoms with Gasteiger partial charge in [-0.3, -0.25) is 0 Å². The van der Waals surface area contributed by atoms with Crippen LogP contribution in [0.2, 0.25) is 0 Å². The second kappa shape index (κ2) is 23.3. The van der Waals surface area contributed by atoms with E-state index in [0.717, 1.165) is 50.1 Å². The number of aryl methyl sites for hydroxylation is 1. The fourth-order valence-corrected chi connectivity index (χ4v) is 8.52. The lowest BCUT2D eigenvalue weighted by Crippen LogP contribution is -2.15. The van der Waals surface area contributed by atoms with Gasteiger partial charge in [0.1, 0.15) is 0 Å². The van der Waals surface area contributed by atoms with E-state index in [-0.39, 0.29) is 0 Å². The molecule has 0 spiro atoms. The molecule has 0 radical (unpaired) electrons. The van der Waals surface area contributed by atoms with Crippen molar-refractivity contribution in [3.63, 3.8) is 0 Å². The summed E-state index contributed by atoms with van der Waals surface area (Å²) >= 11 is 2.02. The number of nitrogens with one attached hydrogen (secondary N) is 1. The third-order valence-electron chi connectivity index (χ3n) is 10.2. The molecule has 0 saturated carbocycles. The molecule has 4 aromatic rings. The van der Waals surface area contributed by atoms with Crippen LogP contribution in [0.5, 0.6) is 0 Å². The Hall–Kier alpha value is -5.03. The lowest BCUT2D eigenvalue weighted by atomic mass is 9.84. The molecular weight excluding hydrogens is 711 g/mol. The fourth-order valence-electron chi connectivity index (χ4n) is 7.15. The van der Waals surface area contributed by atoms with Crippen LogP contribution in [0, 0.1) is 6.92 Å². The normalized spacial score (nSPS) is 15.5. The number of rotatable bonds is 13. The summed E-state index contributed by atoms with van der Waals surface area (Å²) in [7, 11) is 10.6. The van der Waals surface area contributed by atoms with E-state index in [9.17, 15) is 0 Å². The summed E-state index contributed by atoms with van der Waals surface area (Å²) in [6.07, 6.45) is 19.6. The van der Waals surface area contributed by atoms with Gasteiger partial charge in [-0.05, 0) is 139 Å². The lowest BCUT2D eigenvalue weighted by molar-refractivity contribution is 0.437. The van der Waals surface area contributed by atoms with Crippen LogP contribution in [0.1, 0.15) is 66.5 Å². The van der Waals surface area contributed by atoms with Gasteiger partial charge in [-0.2, -0.15) is 0 Å². The second-order valence-electron chi connectivity index (χ2n) is 14.6. The first-order chi connectivity index (χ1) is 27.8. The molecule has 2 aliphatic carbocycles. The summed E-state index contributed by atoms with van der Waals surface area (Å²) in [5.41, 5.74) is 17.1. The first kappa shape index (κ1) is 44.7. The largest absolute Gasteiger partial charge is 0.388 e. The van der Waals surface area contributed by atoms with Gasteiger partial charge in [-0.1, -0.05) is 123 Å². The Morgan fingerprint density at radius 1 is 0.842 bits per heavy atom. The molecule has 0 atom stereocenters. The maximum Gasteiger partial charge on any atom is 0.0364 e. The minimum atomic E-state index is 0.895. The van der Waals surface area contributed by atoms with Crippen LogP contribution in [0.25, 0.3) is 16.7 Å². The van der Waals surface area contributed by atoms with Gasteiger partial charge in [0, 0.05) is 49.7 Å². The summed E-state index contributed by atoms with van der Waals surface area (Å²) in [6.45, 7) is 13.3. The summed E-state index contributed by atoms with van der Waals surface area (Å²) < 4.78 is 0. The molecule has 4 heteroatoms. The predicted molar refractivity (Wildman–Crippen MR) is 257 cm³/mol. The van der Waals surface area contributed by atoms with Gasteiger partial charge in [-0.25, -0.2) is 0 Å². The van der Waals surface area contributed by atoms with E-state index in [2.05, 4.69) is 197 Å². The molecule has 1 N–H and O–H groups in total. The average Bonchev–Trinajstić information content (AvgIpc) is 3.25. The molecule has 2 aliphatic rings. The second-order valence-corrected chi connectivity index (χ2v) is 15.7. The lowest BCUT2D eigenvalue weighted by Gasteiger charge is -2.24. The first-order valence-electron chi connectivity index (χ1n) is 20.5. The number of nitrogens with zero attached hydrogens (tertiary/aromatic N) is 2. The van der Waals surface area contributed by atoms with Crippen LogP contribution in [0.15, 0.2) is 163 Å². The van der Waals surface area contributed by atoms with Crippen LogP contribution in [0.3, 0.4) is 0 Å². The van der Waals surface area contributed by atoms with Crippen molar-refractivity contribution in [2.45, 2.75) is 52.9 Å². The molecule has 0 heterocycles. The van der Waals surface area contributed by atoms with Crippen molar-refractivity contribution in [2.24, 2.45) is 0 Å². The molecule has 6 rings (SSSR count). The van der Waals surface area contributed by atoms with Gasteiger partial charge >= 0.3 is 0 Å². The highest BCUT2D eigenvalue weighted by Crippen LogP contribution is 2.40. The molecule has 0 saturated heterocycles. The Kier molecular flexibility index (Phi) is 18.2. The van der Waals surface area contributed by atoms with Crippen molar-refractivity contribution in [1.29, 1.82) is 0 Å². The minimum Gasteiger partial charge on any atom is -0.388 e. The third kappa shape index (κ3) is 12.7. The zero-order valence-electron chi connectivity index (χ0n) is 35.9. The number of fused-ring (bicyclic) bond motifs is 1. The van der Waals surface area contributed by atoms with Gasteiger partial charge in [0.2, 0.25) is 0 Å². The van der Waals surface area contributed by atoms with E-state index in [1.807, 2.05) is 32.7 Å². The summed E-state index contributed by atoms with van der Waals surface area (Å²) in [6, 6.07) is 35.3. The number of thioether (sulfide) groups is 1. The summed E-state index contributed by atoms with van der Waals surface area (Å²) in [5, 5.41) is 3.30. The Balaban J connectivity index is 0.00000174. The fraction of sp³-hybridized carbons (Fsp3) is 0.283. The molecule has 4 aromatic carbocycles. The summed E-state index contributed by atoms with van der Waals surface area (Å²) in [5.74, 6) is 1.06. The maximum atomic E-state index is 3.30. The van der Waals surface area contributed by atoms with Crippen LogP contribution >= 0.6 is 11.8 Å². The highest BCUT2D eigenvalue weighted by Gasteiger charge is 2.20. The van der Waals surface area contributed by atoms with Crippen molar-refractivity contribution < 1.29 is 0 Å². The maximum absolute atomic E-state index is 3.30. The van der Waals surface area contributed by atoms with Crippen molar-refractivity contribution >= 4 is 39.9 Å². The van der Waals surface area contributed by atoms with E-state index in [0.29, 0.717) is 0 Å². The Labute approximate surface area is 350 Å². The first-order valence-corrected chi connectivity index (χ1v) is 21.5. The molecule has 3 nitrogen and oxygen atoms in total. The van der Waals surface area contributed by atoms with Crippen LogP contribution in [-0.2, 0) is 12.8 Å². The highest BCUT2D eigenvalue weighted by atomic mass is 32.2. The molecule has 57 heavy (non-hydrogen) atoms. The van der Waals surface area contributed by atoms with Gasteiger partial charge in [0.05, 0.1) is 0 Å². The number of anilines is 2. The topological polar surface area (TPSA) is 18.5 Å². The molecule has 298 valence electrons. The van der Waals surface area contributed by atoms with Crippen LogP contribution < -0.4 is 10.2 Å². The molecular formula is C53H65N3S. The van der Waals surface area contributed by atoms with E-state index >= 15 is 0 Å². The smallest absolute Gasteiger partial charge is 0.0364 e. The van der Waals surface area contributed by atoms with Gasteiger partial charge in [0.15, 0.2) is 0 Å². The SMILES string of the molecule is C=C.CC.CNc1ccc(C(=C\Cc2ccccc2)/C=C/C2=C(SCCN(C)C)C(=C/C=C3\C=C(c4ccccc4)Cc4cc(N(C)C)ccc43)/CCC2)c(C)c1. The monoisotopic (exact) mass is 775 g/mol. The molecule has 0 unspecified atom stereocenters. The van der Waals surface area contributed by atoms with E-state index < -0.39 is 0 Å². The summed E-state index contributed by atoms with van der Waals surface area (Å²) in [4.78, 5) is 5.93. The molecule has 0 bridgehead atoms. The van der Waals surface area contributed by atoms with Gasteiger partial charge in [-0.15, -0.1) is 24.9 Å². The highest BCUT2D eigenvalue weighted by molar-refractivity contribution is 8.03. The van der Waals surface area contributed by atoms with Crippen LogP contribution in [-0.4, -0.2) is 52.4 Å². The number of hydrogen-bond donors (Lipinski definition) is 1. The molecule has 0 aliphatic heterocycles. The van der Waals surface area contributed by atoms with Gasteiger partial charge < -0.3 is 15.1 Å². The van der Waals surface area contributed by atoms with Crippen molar-refractivity contribution in [3.8, 4) is 0 Å². The zero-order valence-corrected chi connectivity index (χ0v) is 36.7. The van der Waals surface area contributed by atoms with Gasteiger partial charge in [0.25, 0.3) is 0 Å². The van der Waals surface area contributed by atoms with Crippen molar-refractivity contribution in [2.75, 3.05) is 57.8 Å².